The highest BCUT2D eigenvalue weighted by molar-refractivity contribution is 7.92. The highest BCUT2D eigenvalue weighted by Crippen LogP contribution is 2.19. The van der Waals surface area contributed by atoms with Crippen molar-refractivity contribution in [3.63, 3.8) is 0 Å². The molecule has 0 aliphatic heterocycles. The van der Waals surface area contributed by atoms with E-state index in [1.165, 1.54) is 24.3 Å². The first kappa shape index (κ1) is 12.0. The average Bonchev–Trinajstić information content (AvgIpc) is 1.99. The van der Waals surface area contributed by atoms with Crippen LogP contribution in [-0.2, 0) is 20.0 Å². The van der Waals surface area contributed by atoms with Crippen molar-refractivity contribution >= 4 is 25.7 Å². The number of primary sulfonamides is 1. The van der Waals surface area contributed by atoms with Crippen LogP contribution in [0.1, 0.15) is 0 Å². The molecule has 0 aliphatic rings. The van der Waals surface area contributed by atoms with Gasteiger partial charge in [-0.25, -0.2) is 22.0 Å². The van der Waals surface area contributed by atoms with Gasteiger partial charge in [-0.3, -0.25) is 4.72 Å². The lowest BCUT2D eigenvalue weighted by Crippen LogP contribution is -2.17. The van der Waals surface area contributed by atoms with E-state index in [0.29, 0.717) is 0 Å². The molecule has 0 bridgehead atoms. The number of benzene rings is 1. The normalized spacial score (nSPS) is 12.4. The van der Waals surface area contributed by atoms with Crippen molar-refractivity contribution in [1.29, 1.82) is 0 Å². The largest absolute Gasteiger partial charge is 0.282 e. The third-order valence-electron chi connectivity index (χ3n) is 1.49. The topological polar surface area (TPSA) is 106 Å². The molecule has 0 spiro atoms. The maximum absolute atomic E-state index is 11.1. The summed E-state index contributed by atoms with van der Waals surface area (Å²) in [4.78, 5) is -0.254. The Labute approximate surface area is 88.2 Å². The third-order valence-corrected chi connectivity index (χ3v) is 3.05. The van der Waals surface area contributed by atoms with Crippen molar-refractivity contribution in [2.24, 2.45) is 5.14 Å². The summed E-state index contributed by atoms with van der Waals surface area (Å²) in [7, 11) is -7.46. The van der Waals surface area contributed by atoms with Crippen molar-refractivity contribution in [3.05, 3.63) is 24.3 Å². The maximum Gasteiger partial charge on any atom is 0.240 e. The molecule has 8 heteroatoms. The van der Waals surface area contributed by atoms with Crippen molar-refractivity contribution in [2.75, 3.05) is 11.0 Å². The standard InChI is InChI=1S/C7H10N2O4S2/c1-14(10,11)9-6-4-2-3-5-7(6)15(8,12)13/h2-5,9H,1H3,(H2,8,12,13). The average molecular weight is 250 g/mol. The van der Waals surface area contributed by atoms with E-state index in [1.807, 2.05) is 0 Å². The van der Waals surface area contributed by atoms with Crippen LogP contribution in [0.25, 0.3) is 0 Å². The molecule has 0 aliphatic carbocycles. The molecular formula is C7H10N2O4S2. The van der Waals surface area contributed by atoms with Crippen molar-refractivity contribution < 1.29 is 16.8 Å². The first-order valence-electron chi connectivity index (χ1n) is 3.80. The summed E-state index contributed by atoms with van der Waals surface area (Å²) < 4.78 is 46.1. The first-order chi connectivity index (χ1) is 6.70. The summed E-state index contributed by atoms with van der Waals surface area (Å²) in [6.45, 7) is 0. The summed E-state index contributed by atoms with van der Waals surface area (Å²) in [5.74, 6) is 0. The van der Waals surface area contributed by atoms with Crippen LogP contribution in [0.15, 0.2) is 29.2 Å². The summed E-state index contributed by atoms with van der Waals surface area (Å²) >= 11 is 0. The molecule has 0 saturated carbocycles. The molecule has 1 aromatic carbocycles. The van der Waals surface area contributed by atoms with Crippen LogP contribution >= 0.6 is 0 Å². The van der Waals surface area contributed by atoms with E-state index in [1.54, 1.807) is 0 Å². The van der Waals surface area contributed by atoms with Crippen LogP contribution in [0, 0.1) is 0 Å². The van der Waals surface area contributed by atoms with Gasteiger partial charge in [0.05, 0.1) is 11.9 Å². The minimum absolute atomic E-state index is 0.0532. The number of nitrogens with one attached hydrogen (secondary N) is 1. The van der Waals surface area contributed by atoms with Crippen LogP contribution < -0.4 is 9.86 Å². The number of anilines is 1. The van der Waals surface area contributed by atoms with Crippen molar-refractivity contribution in [2.45, 2.75) is 4.90 Å². The van der Waals surface area contributed by atoms with Gasteiger partial charge < -0.3 is 0 Å². The van der Waals surface area contributed by atoms with Crippen LogP contribution in [0.3, 0.4) is 0 Å². The zero-order valence-electron chi connectivity index (χ0n) is 7.84. The Hall–Kier alpha value is -1.12. The molecule has 84 valence electrons. The molecule has 0 unspecified atom stereocenters. The predicted molar refractivity (Wildman–Crippen MR) is 56.3 cm³/mol. The molecule has 0 fully saturated rings. The van der Waals surface area contributed by atoms with Gasteiger partial charge in [0, 0.05) is 0 Å². The number of nitrogens with two attached hydrogens (primary N) is 1. The van der Waals surface area contributed by atoms with Crippen molar-refractivity contribution in [1.82, 2.24) is 0 Å². The molecule has 6 nitrogen and oxygen atoms in total. The molecule has 0 atom stereocenters. The molecule has 0 heterocycles. The zero-order valence-corrected chi connectivity index (χ0v) is 9.47. The lowest BCUT2D eigenvalue weighted by Gasteiger charge is -2.07. The van der Waals surface area contributed by atoms with Gasteiger partial charge in [-0.2, -0.15) is 0 Å². The highest BCUT2D eigenvalue weighted by Gasteiger charge is 2.15. The Morgan fingerprint density at radius 3 is 2.13 bits per heavy atom. The number of para-hydroxylation sites is 1. The van der Waals surface area contributed by atoms with Crippen LogP contribution in [0.5, 0.6) is 0 Å². The summed E-state index contributed by atoms with van der Waals surface area (Å²) in [5, 5.41) is 4.91. The Morgan fingerprint density at radius 2 is 1.67 bits per heavy atom. The van der Waals surface area contributed by atoms with E-state index in [9.17, 15) is 16.8 Å². The SMILES string of the molecule is CS(=O)(=O)Nc1ccccc1S(N)(=O)=O. The van der Waals surface area contributed by atoms with E-state index >= 15 is 0 Å². The van der Waals surface area contributed by atoms with Gasteiger partial charge in [0.1, 0.15) is 4.90 Å². The number of hydrogen-bond acceptors (Lipinski definition) is 4. The van der Waals surface area contributed by atoms with E-state index < -0.39 is 20.0 Å². The van der Waals surface area contributed by atoms with Crippen LogP contribution in [0.2, 0.25) is 0 Å². The van der Waals surface area contributed by atoms with Gasteiger partial charge >= 0.3 is 0 Å². The molecule has 0 aromatic heterocycles. The number of sulfonamides is 2. The Kier molecular flexibility index (Phi) is 3.03. The summed E-state index contributed by atoms with van der Waals surface area (Å²) in [6.07, 6.45) is 0.924. The predicted octanol–water partition coefficient (Wildman–Crippen LogP) is -0.294. The molecular weight excluding hydrogens is 240 g/mol. The van der Waals surface area contributed by atoms with Gasteiger partial charge in [0.25, 0.3) is 0 Å². The monoisotopic (exact) mass is 250 g/mol. The Morgan fingerprint density at radius 1 is 1.13 bits per heavy atom. The molecule has 0 amide bonds. The minimum Gasteiger partial charge on any atom is -0.282 e. The fourth-order valence-corrected chi connectivity index (χ4v) is 2.33. The molecule has 1 aromatic rings. The van der Waals surface area contributed by atoms with Gasteiger partial charge in [0.15, 0.2) is 0 Å². The third kappa shape index (κ3) is 3.50. The van der Waals surface area contributed by atoms with Gasteiger partial charge in [-0.1, -0.05) is 12.1 Å². The minimum atomic E-state index is -3.93. The number of rotatable bonds is 3. The molecule has 3 N–H and O–H groups in total. The Balaban J connectivity index is 3.32. The second-order valence-corrected chi connectivity index (χ2v) is 6.19. The summed E-state index contributed by atoms with van der Waals surface area (Å²) in [5.41, 5.74) is -0.0532. The van der Waals surface area contributed by atoms with Gasteiger partial charge in [-0.15, -0.1) is 0 Å². The molecule has 0 radical (unpaired) electrons. The zero-order chi connectivity index (χ0) is 11.7. The maximum atomic E-state index is 11.1. The lowest BCUT2D eigenvalue weighted by atomic mass is 10.3. The van der Waals surface area contributed by atoms with Crippen LogP contribution in [0.4, 0.5) is 5.69 Å². The molecule has 15 heavy (non-hydrogen) atoms. The fourth-order valence-electron chi connectivity index (χ4n) is 0.999. The van der Waals surface area contributed by atoms with Gasteiger partial charge in [0.2, 0.25) is 20.0 Å². The van der Waals surface area contributed by atoms with E-state index in [0.717, 1.165) is 6.26 Å². The van der Waals surface area contributed by atoms with Crippen LogP contribution in [-0.4, -0.2) is 23.1 Å². The van der Waals surface area contributed by atoms with Crippen molar-refractivity contribution in [3.8, 4) is 0 Å². The number of hydrogen-bond donors (Lipinski definition) is 2. The second kappa shape index (κ2) is 3.80. The lowest BCUT2D eigenvalue weighted by molar-refractivity contribution is 0.598. The smallest absolute Gasteiger partial charge is 0.240 e. The first-order valence-corrected chi connectivity index (χ1v) is 7.23. The van der Waals surface area contributed by atoms with E-state index in [-0.39, 0.29) is 10.6 Å². The molecule has 1 rings (SSSR count). The Bertz CT molecular complexity index is 562. The van der Waals surface area contributed by atoms with E-state index in [2.05, 4.69) is 4.72 Å². The second-order valence-electron chi connectivity index (χ2n) is 2.92. The van der Waals surface area contributed by atoms with E-state index in [4.69, 9.17) is 5.14 Å². The quantitative estimate of drug-likeness (QED) is 0.768. The highest BCUT2D eigenvalue weighted by atomic mass is 32.2. The fraction of sp³-hybridized carbons (Fsp3) is 0.143. The van der Waals surface area contributed by atoms with Gasteiger partial charge in [-0.05, 0) is 12.1 Å². The molecule has 0 saturated heterocycles. The summed E-state index contributed by atoms with van der Waals surface area (Å²) in [6, 6.07) is 5.50.